The van der Waals surface area contributed by atoms with Gasteiger partial charge >= 0.3 is 24.1 Å². The van der Waals surface area contributed by atoms with Crippen molar-refractivity contribution >= 4 is 5.95 Å². The molecule has 1 rings (SSSR count). The number of halogens is 5. The lowest BCUT2D eigenvalue weighted by molar-refractivity contribution is -0.290. The molecule has 0 radical (unpaired) electrons. The van der Waals surface area contributed by atoms with E-state index in [2.05, 4.69) is 24.4 Å². The van der Waals surface area contributed by atoms with Crippen molar-refractivity contribution in [2.24, 2.45) is 0 Å². The van der Waals surface area contributed by atoms with Gasteiger partial charge in [-0.1, -0.05) is 0 Å². The van der Waals surface area contributed by atoms with Crippen LogP contribution in [-0.4, -0.2) is 40.8 Å². The lowest BCUT2D eigenvalue weighted by atomic mass is 10.3. The molecule has 0 aliphatic rings. The zero-order valence-corrected chi connectivity index (χ0v) is 8.83. The summed E-state index contributed by atoms with van der Waals surface area (Å²) < 4.78 is 69.1. The standard InChI is InChI=1S/C7H7F5N4O2/c1-17-4-14-3(13)15-5(16-4)18-2-6(8,9)7(10,11)12/h2H2,1H3,(H2,13,14,15,16). The number of aromatic nitrogens is 3. The topological polar surface area (TPSA) is 83.2 Å². The van der Waals surface area contributed by atoms with Gasteiger partial charge in [-0.25, -0.2) is 0 Å². The molecule has 18 heavy (non-hydrogen) atoms. The fourth-order valence-corrected chi connectivity index (χ4v) is 0.746. The van der Waals surface area contributed by atoms with Crippen LogP contribution in [0.1, 0.15) is 0 Å². The second kappa shape index (κ2) is 4.74. The Morgan fingerprint density at radius 2 is 1.61 bits per heavy atom. The normalized spacial score (nSPS) is 12.3. The fourth-order valence-electron chi connectivity index (χ4n) is 0.746. The second-order valence-electron chi connectivity index (χ2n) is 2.95. The van der Waals surface area contributed by atoms with Gasteiger partial charge in [0.15, 0.2) is 6.61 Å². The minimum absolute atomic E-state index is 0.368. The van der Waals surface area contributed by atoms with Gasteiger partial charge in [0.1, 0.15) is 0 Å². The third-order valence-corrected chi connectivity index (χ3v) is 1.59. The van der Waals surface area contributed by atoms with Crippen LogP contribution < -0.4 is 15.2 Å². The molecule has 0 bridgehead atoms. The molecule has 1 heterocycles. The van der Waals surface area contributed by atoms with Crippen molar-refractivity contribution < 1.29 is 31.4 Å². The molecule has 11 heteroatoms. The Balaban J connectivity index is 2.78. The molecule has 0 atom stereocenters. The first kappa shape index (κ1) is 14.1. The summed E-state index contributed by atoms with van der Waals surface area (Å²) in [6.45, 7) is -1.97. The van der Waals surface area contributed by atoms with Crippen molar-refractivity contribution in [1.29, 1.82) is 0 Å². The maximum absolute atomic E-state index is 12.5. The lowest BCUT2D eigenvalue weighted by Gasteiger charge is -2.18. The molecule has 0 aliphatic heterocycles. The SMILES string of the molecule is COc1nc(N)nc(OCC(F)(F)C(F)(F)F)n1. The number of rotatable bonds is 4. The number of hydrogen-bond acceptors (Lipinski definition) is 6. The van der Waals surface area contributed by atoms with Crippen LogP contribution in [-0.2, 0) is 0 Å². The van der Waals surface area contributed by atoms with Crippen molar-refractivity contribution in [2.45, 2.75) is 12.1 Å². The van der Waals surface area contributed by atoms with E-state index in [0.29, 0.717) is 0 Å². The highest BCUT2D eigenvalue weighted by atomic mass is 19.4. The van der Waals surface area contributed by atoms with Crippen molar-refractivity contribution in [2.75, 3.05) is 19.5 Å². The van der Waals surface area contributed by atoms with Crippen LogP contribution in [0.4, 0.5) is 27.9 Å². The zero-order chi connectivity index (χ0) is 14.0. The first-order valence-electron chi connectivity index (χ1n) is 4.28. The maximum atomic E-state index is 12.5. The number of nitrogens with zero attached hydrogens (tertiary/aromatic N) is 3. The van der Waals surface area contributed by atoms with Gasteiger partial charge in [-0.05, 0) is 0 Å². The van der Waals surface area contributed by atoms with Crippen molar-refractivity contribution in [3.8, 4) is 12.0 Å². The molecule has 1 aromatic rings. The fraction of sp³-hybridized carbons (Fsp3) is 0.571. The number of anilines is 1. The zero-order valence-electron chi connectivity index (χ0n) is 8.83. The summed E-state index contributed by atoms with van der Waals surface area (Å²) in [7, 11) is 1.14. The predicted molar refractivity (Wildman–Crippen MR) is 47.3 cm³/mol. The Morgan fingerprint density at radius 1 is 1.06 bits per heavy atom. The maximum Gasteiger partial charge on any atom is 0.456 e. The van der Waals surface area contributed by atoms with Crippen molar-refractivity contribution in [3.63, 3.8) is 0 Å². The Hall–Kier alpha value is -1.94. The average molecular weight is 274 g/mol. The Labute approximate surface area is 96.9 Å². The summed E-state index contributed by atoms with van der Waals surface area (Å²) in [6.07, 6.45) is -5.73. The summed E-state index contributed by atoms with van der Waals surface area (Å²) in [5.74, 6) is -5.46. The molecule has 102 valence electrons. The van der Waals surface area contributed by atoms with E-state index in [1.54, 1.807) is 0 Å². The summed E-state index contributed by atoms with van der Waals surface area (Å²) >= 11 is 0. The first-order chi connectivity index (χ1) is 8.15. The van der Waals surface area contributed by atoms with Gasteiger partial charge < -0.3 is 15.2 Å². The van der Waals surface area contributed by atoms with Crippen LogP contribution in [0.3, 0.4) is 0 Å². The highest BCUT2D eigenvalue weighted by molar-refractivity contribution is 5.20. The number of ether oxygens (including phenoxy) is 2. The summed E-state index contributed by atoms with van der Waals surface area (Å²) in [5.41, 5.74) is 5.13. The monoisotopic (exact) mass is 274 g/mol. The van der Waals surface area contributed by atoms with Crippen molar-refractivity contribution in [1.82, 2.24) is 15.0 Å². The van der Waals surface area contributed by atoms with Gasteiger partial charge in [-0.3, -0.25) is 0 Å². The quantitative estimate of drug-likeness (QED) is 0.826. The molecule has 0 unspecified atom stereocenters. The van der Waals surface area contributed by atoms with E-state index in [4.69, 9.17) is 5.73 Å². The number of hydrogen-bond donors (Lipinski definition) is 1. The molecule has 0 aromatic carbocycles. The number of nitrogen functional groups attached to an aromatic ring is 1. The number of nitrogens with two attached hydrogens (primary N) is 1. The van der Waals surface area contributed by atoms with E-state index >= 15 is 0 Å². The first-order valence-corrected chi connectivity index (χ1v) is 4.28. The lowest BCUT2D eigenvalue weighted by Crippen LogP contribution is -2.42. The third-order valence-electron chi connectivity index (χ3n) is 1.59. The van der Waals surface area contributed by atoms with Crippen LogP contribution in [0.15, 0.2) is 0 Å². The van der Waals surface area contributed by atoms with Crippen molar-refractivity contribution in [3.05, 3.63) is 0 Å². The largest absolute Gasteiger partial charge is 0.467 e. The van der Waals surface area contributed by atoms with E-state index in [1.165, 1.54) is 0 Å². The molecule has 0 amide bonds. The minimum Gasteiger partial charge on any atom is -0.467 e. The second-order valence-corrected chi connectivity index (χ2v) is 2.95. The number of methoxy groups -OCH3 is 1. The molecule has 0 saturated carbocycles. The highest BCUT2D eigenvalue weighted by Crippen LogP contribution is 2.35. The van der Waals surface area contributed by atoms with Crippen LogP contribution >= 0.6 is 0 Å². The molecule has 0 fully saturated rings. The van der Waals surface area contributed by atoms with Crippen LogP contribution in [0.5, 0.6) is 12.0 Å². The van der Waals surface area contributed by atoms with Gasteiger partial charge in [0.2, 0.25) is 5.95 Å². The minimum atomic E-state index is -5.73. The number of alkyl halides is 5. The Kier molecular flexibility index (Phi) is 3.72. The molecule has 0 spiro atoms. The molecule has 6 nitrogen and oxygen atoms in total. The van der Waals surface area contributed by atoms with Gasteiger partial charge in [0, 0.05) is 0 Å². The van der Waals surface area contributed by atoms with Gasteiger partial charge in [-0.2, -0.15) is 31.9 Å². The van der Waals surface area contributed by atoms with Gasteiger partial charge in [0.25, 0.3) is 0 Å². The summed E-state index contributed by atoms with van der Waals surface area (Å²) in [6, 6.07) is -1.16. The molecule has 0 aliphatic carbocycles. The van der Waals surface area contributed by atoms with Gasteiger partial charge in [-0.15, -0.1) is 4.98 Å². The van der Waals surface area contributed by atoms with E-state index in [-0.39, 0.29) is 6.01 Å². The molecule has 0 saturated heterocycles. The predicted octanol–water partition coefficient (Wildman–Crippen LogP) is 1.04. The smallest absolute Gasteiger partial charge is 0.456 e. The van der Waals surface area contributed by atoms with Crippen LogP contribution in [0.25, 0.3) is 0 Å². The highest BCUT2D eigenvalue weighted by Gasteiger charge is 2.58. The van der Waals surface area contributed by atoms with E-state index in [1.807, 2.05) is 0 Å². The van der Waals surface area contributed by atoms with E-state index < -0.39 is 30.7 Å². The molecular weight excluding hydrogens is 267 g/mol. The summed E-state index contributed by atoms with van der Waals surface area (Å²) in [4.78, 5) is 9.90. The Morgan fingerprint density at radius 3 is 2.11 bits per heavy atom. The average Bonchev–Trinajstić information content (AvgIpc) is 2.24. The van der Waals surface area contributed by atoms with E-state index in [9.17, 15) is 22.0 Å². The molecule has 1 aromatic heterocycles. The summed E-state index contributed by atoms with van der Waals surface area (Å²) in [5, 5.41) is 0. The van der Waals surface area contributed by atoms with Crippen LogP contribution in [0.2, 0.25) is 0 Å². The van der Waals surface area contributed by atoms with Gasteiger partial charge in [0.05, 0.1) is 7.11 Å². The Bertz CT molecular complexity index is 425. The third kappa shape index (κ3) is 3.28. The van der Waals surface area contributed by atoms with E-state index in [0.717, 1.165) is 7.11 Å². The van der Waals surface area contributed by atoms with Crippen LogP contribution in [0, 0.1) is 0 Å². The molecule has 2 N–H and O–H groups in total. The molecular formula is C7H7F5N4O2.